The Kier molecular flexibility index (Phi) is 20.8. The smallest absolute Gasteiger partial charge is 0 e. The maximum atomic E-state index is 7.44. The molecular formula is C2H5OPt-. The summed E-state index contributed by atoms with van der Waals surface area (Å²) in [5.74, 6) is 0. The molecule has 30 valence electrons. The normalized spacial score (nSPS) is 4.50. The minimum absolute atomic E-state index is 0. The molecule has 0 atom stereocenters. The van der Waals surface area contributed by atoms with Crippen molar-refractivity contribution in [2.75, 3.05) is 0 Å². The summed E-state index contributed by atoms with van der Waals surface area (Å²) in [7, 11) is 0. The van der Waals surface area contributed by atoms with Crippen molar-refractivity contribution in [3.8, 4) is 0 Å². The molecule has 2 heteroatoms. The van der Waals surface area contributed by atoms with Crippen LogP contribution in [0.5, 0.6) is 0 Å². The van der Waals surface area contributed by atoms with Gasteiger partial charge in [-0.3, -0.25) is 0 Å². The van der Waals surface area contributed by atoms with Gasteiger partial charge in [-0.15, -0.1) is 0 Å². The van der Waals surface area contributed by atoms with E-state index in [9.17, 15) is 0 Å². The molecule has 0 heterocycles. The second-order valence-electron chi connectivity index (χ2n) is 0.258. The SMILES string of the molecule is C[CH-]O.[Pt]. The van der Waals surface area contributed by atoms with Gasteiger partial charge >= 0.3 is 0 Å². The van der Waals surface area contributed by atoms with E-state index in [1.807, 2.05) is 0 Å². The van der Waals surface area contributed by atoms with Crippen LogP contribution in [-0.2, 0) is 21.1 Å². The molecule has 0 saturated heterocycles. The Labute approximate surface area is 40.3 Å². The topological polar surface area (TPSA) is 20.2 Å². The molecule has 1 nitrogen and oxygen atoms in total. The summed E-state index contributed by atoms with van der Waals surface area (Å²) in [6.45, 7) is 2.56. The molecule has 0 aromatic rings. The van der Waals surface area contributed by atoms with E-state index >= 15 is 0 Å². The van der Waals surface area contributed by atoms with Crippen molar-refractivity contribution in [2.24, 2.45) is 0 Å². The van der Waals surface area contributed by atoms with E-state index < -0.39 is 0 Å². The fourth-order valence-electron chi connectivity index (χ4n) is 0. The van der Waals surface area contributed by atoms with E-state index in [4.69, 9.17) is 5.11 Å². The monoisotopic (exact) mass is 240 g/mol. The Balaban J connectivity index is 0. The van der Waals surface area contributed by atoms with E-state index in [2.05, 4.69) is 0 Å². The first-order chi connectivity index (χ1) is 1.41. The zero-order valence-corrected chi connectivity index (χ0v) is 4.61. The number of hydrogen-bond acceptors (Lipinski definition) is 1. The van der Waals surface area contributed by atoms with Gasteiger partial charge in [-0.05, 0) is 0 Å². The molecule has 0 bridgehead atoms. The third kappa shape index (κ3) is 17.1. The molecule has 0 amide bonds. The minimum Gasteiger partial charge on any atom is -0.566 e. The van der Waals surface area contributed by atoms with Gasteiger partial charge in [0.2, 0.25) is 0 Å². The van der Waals surface area contributed by atoms with Crippen molar-refractivity contribution in [3.05, 3.63) is 6.61 Å². The quantitative estimate of drug-likeness (QED) is 0.613. The zero-order valence-electron chi connectivity index (χ0n) is 2.34. The molecule has 0 aliphatic rings. The third-order valence-corrected chi connectivity index (χ3v) is 0. The van der Waals surface area contributed by atoms with Crippen molar-refractivity contribution in [1.82, 2.24) is 0 Å². The predicted molar refractivity (Wildman–Crippen MR) is 11.9 cm³/mol. The second-order valence-corrected chi connectivity index (χ2v) is 0.258. The molecule has 0 aromatic heterocycles. The van der Waals surface area contributed by atoms with Gasteiger partial charge in [-0.1, -0.05) is 0 Å². The summed E-state index contributed by atoms with van der Waals surface area (Å²) in [6, 6.07) is 0. The van der Waals surface area contributed by atoms with Gasteiger partial charge in [-0.25, -0.2) is 6.61 Å². The van der Waals surface area contributed by atoms with E-state index in [0.29, 0.717) is 0 Å². The van der Waals surface area contributed by atoms with E-state index in [0.717, 1.165) is 6.61 Å². The summed E-state index contributed by atoms with van der Waals surface area (Å²) < 4.78 is 0. The van der Waals surface area contributed by atoms with E-state index in [1.54, 1.807) is 6.92 Å². The standard InChI is InChI=1S/C2H5O.Pt/c1-2-3;/h2-3H,1H3;/q-1;. The number of aliphatic hydroxyl groups excluding tert-OH is 1. The molecule has 0 saturated carbocycles. The van der Waals surface area contributed by atoms with Crippen LogP contribution in [0, 0.1) is 6.61 Å². The van der Waals surface area contributed by atoms with Crippen LogP contribution in [0.2, 0.25) is 0 Å². The van der Waals surface area contributed by atoms with Crippen LogP contribution < -0.4 is 0 Å². The van der Waals surface area contributed by atoms with Crippen molar-refractivity contribution in [2.45, 2.75) is 6.92 Å². The van der Waals surface area contributed by atoms with Crippen molar-refractivity contribution < 1.29 is 26.2 Å². The van der Waals surface area contributed by atoms with Crippen LogP contribution in [0.3, 0.4) is 0 Å². The van der Waals surface area contributed by atoms with Crippen LogP contribution in [0.1, 0.15) is 6.92 Å². The Morgan fingerprint density at radius 3 is 1.75 bits per heavy atom. The van der Waals surface area contributed by atoms with E-state index in [-0.39, 0.29) is 21.1 Å². The van der Waals surface area contributed by atoms with Gasteiger partial charge in [0.15, 0.2) is 0 Å². The molecule has 0 fully saturated rings. The van der Waals surface area contributed by atoms with Crippen LogP contribution in [0.4, 0.5) is 0 Å². The second kappa shape index (κ2) is 9.42. The van der Waals surface area contributed by atoms with Gasteiger partial charge in [0, 0.05) is 21.1 Å². The average Bonchev–Trinajstić information content (AvgIpc) is 0.918. The summed E-state index contributed by atoms with van der Waals surface area (Å²) in [5, 5.41) is 7.44. The zero-order chi connectivity index (χ0) is 2.71. The summed E-state index contributed by atoms with van der Waals surface area (Å²) in [4.78, 5) is 0. The summed E-state index contributed by atoms with van der Waals surface area (Å²) >= 11 is 0. The molecule has 0 unspecified atom stereocenters. The van der Waals surface area contributed by atoms with E-state index in [1.165, 1.54) is 0 Å². The van der Waals surface area contributed by atoms with Crippen molar-refractivity contribution >= 4 is 0 Å². The first-order valence-electron chi connectivity index (χ1n) is 0.836. The molecule has 1 N–H and O–H groups in total. The minimum atomic E-state index is 0. The molecule has 0 spiro atoms. The maximum Gasteiger partial charge on any atom is 0 e. The molecule has 4 heavy (non-hydrogen) atoms. The van der Waals surface area contributed by atoms with Crippen LogP contribution >= 0.6 is 0 Å². The molecule has 0 radical (unpaired) electrons. The Morgan fingerprint density at radius 2 is 1.75 bits per heavy atom. The molecular weight excluding hydrogens is 235 g/mol. The number of aliphatic hydroxyl groups is 1. The Morgan fingerprint density at radius 1 is 1.75 bits per heavy atom. The van der Waals surface area contributed by atoms with Gasteiger partial charge in [0.05, 0.1) is 0 Å². The molecule has 0 rings (SSSR count). The molecule has 0 aromatic carbocycles. The maximum absolute atomic E-state index is 7.44. The Hall–Kier alpha value is 0.648. The fraction of sp³-hybridized carbons (Fsp3) is 0.500. The summed E-state index contributed by atoms with van der Waals surface area (Å²) in [5.41, 5.74) is 0. The van der Waals surface area contributed by atoms with Gasteiger partial charge in [-0.2, -0.15) is 6.92 Å². The van der Waals surface area contributed by atoms with Gasteiger partial charge in [0.25, 0.3) is 0 Å². The largest absolute Gasteiger partial charge is 0.566 e. The average molecular weight is 240 g/mol. The van der Waals surface area contributed by atoms with Crippen molar-refractivity contribution in [3.63, 3.8) is 0 Å². The first-order valence-corrected chi connectivity index (χ1v) is 0.836. The summed E-state index contributed by atoms with van der Waals surface area (Å²) in [6.07, 6.45) is 0. The predicted octanol–water partition coefficient (Wildman–Crippen LogP) is 0.538. The van der Waals surface area contributed by atoms with Gasteiger partial charge < -0.3 is 5.11 Å². The van der Waals surface area contributed by atoms with Gasteiger partial charge in [0.1, 0.15) is 0 Å². The molecule has 0 aliphatic heterocycles. The van der Waals surface area contributed by atoms with Crippen LogP contribution in [-0.4, -0.2) is 5.11 Å². The Bertz CT molecular complexity index is 6.00. The third-order valence-electron chi connectivity index (χ3n) is 0. The number of hydrogen-bond donors (Lipinski definition) is 1. The number of rotatable bonds is 0. The first kappa shape index (κ1) is 8.82. The molecule has 0 aliphatic carbocycles. The fourth-order valence-corrected chi connectivity index (χ4v) is 0. The van der Waals surface area contributed by atoms with Crippen molar-refractivity contribution in [1.29, 1.82) is 0 Å². The van der Waals surface area contributed by atoms with Crippen LogP contribution in [0.15, 0.2) is 0 Å². The van der Waals surface area contributed by atoms with Crippen LogP contribution in [0.25, 0.3) is 0 Å².